The first kappa shape index (κ1) is 17.9. The summed E-state index contributed by atoms with van der Waals surface area (Å²) in [6.07, 6.45) is 0. The number of hydrogen-bond acceptors (Lipinski definition) is 4. The lowest BCUT2D eigenvalue weighted by atomic mass is 10.2. The minimum Gasteiger partial charge on any atom is -0.494 e. The molecule has 0 atom stereocenters. The maximum atomic E-state index is 13.2. The highest BCUT2D eigenvalue weighted by Crippen LogP contribution is 2.17. The van der Waals surface area contributed by atoms with Crippen molar-refractivity contribution in [3.63, 3.8) is 0 Å². The normalized spacial score (nSPS) is 9.80. The summed E-state index contributed by atoms with van der Waals surface area (Å²) in [5, 5.41) is 13.6. The van der Waals surface area contributed by atoms with Gasteiger partial charge in [-0.2, -0.15) is 5.26 Å². The van der Waals surface area contributed by atoms with E-state index in [9.17, 15) is 14.0 Å². The molecule has 0 aliphatic heterocycles. The number of nitriles is 1. The summed E-state index contributed by atoms with van der Waals surface area (Å²) < 4.78 is 18.7. The molecule has 0 bridgehead atoms. The smallest absolute Gasteiger partial charge is 0.313 e. The zero-order valence-electron chi connectivity index (χ0n) is 13.5. The van der Waals surface area contributed by atoms with Crippen molar-refractivity contribution in [2.24, 2.45) is 0 Å². The number of benzene rings is 2. The molecule has 128 valence electrons. The van der Waals surface area contributed by atoms with Gasteiger partial charge in [-0.1, -0.05) is 18.2 Å². The lowest BCUT2D eigenvalue weighted by Crippen LogP contribution is -2.35. The van der Waals surface area contributed by atoms with Crippen molar-refractivity contribution >= 4 is 17.5 Å². The number of halogens is 1. The largest absolute Gasteiger partial charge is 0.494 e. The number of rotatable bonds is 5. The van der Waals surface area contributed by atoms with Crippen molar-refractivity contribution in [2.45, 2.75) is 13.5 Å². The van der Waals surface area contributed by atoms with E-state index in [4.69, 9.17) is 10.00 Å². The number of nitrogens with one attached hydrogen (secondary N) is 2. The Morgan fingerprint density at radius 1 is 1.20 bits per heavy atom. The SMILES string of the molecule is CCOc1ccccc1CNC(=O)C(=O)Nc1ccc(F)c(C#N)c1. The second kappa shape index (κ2) is 8.45. The van der Waals surface area contributed by atoms with Crippen LogP contribution in [0.4, 0.5) is 10.1 Å². The number of para-hydroxylation sites is 1. The van der Waals surface area contributed by atoms with Crippen molar-refractivity contribution in [3.8, 4) is 11.8 Å². The van der Waals surface area contributed by atoms with Crippen molar-refractivity contribution in [3.05, 3.63) is 59.4 Å². The Morgan fingerprint density at radius 2 is 1.96 bits per heavy atom. The van der Waals surface area contributed by atoms with Gasteiger partial charge in [-0.05, 0) is 31.2 Å². The van der Waals surface area contributed by atoms with Crippen LogP contribution in [-0.4, -0.2) is 18.4 Å². The van der Waals surface area contributed by atoms with Gasteiger partial charge >= 0.3 is 11.8 Å². The van der Waals surface area contributed by atoms with Gasteiger partial charge in [0.15, 0.2) is 0 Å². The molecule has 0 radical (unpaired) electrons. The first-order valence-corrected chi connectivity index (χ1v) is 7.54. The Hall–Kier alpha value is -3.40. The highest BCUT2D eigenvalue weighted by Gasteiger charge is 2.15. The molecule has 2 aromatic carbocycles. The van der Waals surface area contributed by atoms with E-state index in [-0.39, 0.29) is 17.8 Å². The molecule has 0 fully saturated rings. The first-order valence-electron chi connectivity index (χ1n) is 7.54. The molecule has 0 heterocycles. The van der Waals surface area contributed by atoms with Gasteiger partial charge in [0, 0.05) is 17.8 Å². The second-order valence-electron chi connectivity index (χ2n) is 4.98. The predicted molar refractivity (Wildman–Crippen MR) is 89.2 cm³/mol. The number of nitrogens with zero attached hydrogens (tertiary/aromatic N) is 1. The number of carbonyl (C=O) groups is 2. The van der Waals surface area contributed by atoms with Gasteiger partial charge in [0.05, 0.1) is 12.2 Å². The van der Waals surface area contributed by atoms with E-state index in [1.165, 1.54) is 6.07 Å². The molecule has 2 rings (SSSR count). The standard InChI is InChI=1S/C18H16FN3O3/c1-2-25-16-6-4-3-5-12(16)11-21-17(23)18(24)22-14-7-8-15(19)13(9-14)10-20/h3-9H,2,11H2,1H3,(H,21,23)(H,22,24). The molecule has 0 aliphatic rings. The summed E-state index contributed by atoms with van der Waals surface area (Å²) in [4.78, 5) is 23.8. The summed E-state index contributed by atoms with van der Waals surface area (Å²) in [7, 11) is 0. The molecule has 0 saturated carbocycles. The molecule has 2 aromatic rings. The lowest BCUT2D eigenvalue weighted by molar-refractivity contribution is -0.136. The zero-order valence-corrected chi connectivity index (χ0v) is 13.5. The van der Waals surface area contributed by atoms with Crippen molar-refractivity contribution in [1.29, 1.82) is 5.26 Å². The van der Waals surface area contributed by atoms with Crippen LogP contribution in [0, 0.1) is 17.1 Å². The van der Waals surface area contributed by atoms with E-state index < -0.39 is 17.6 Å². The highest BCUT2D eigenvalue weighted by molar-refractivity contribution is 6.39. The molecular formula is C18H16FN3O3. The maximum Gasteiger partial charge on any atom is 0.313 e. The van der Waals surface area contributed by atoms with E-state index in [2.05, 4.69) is 10.6 Å². The van der Waals surface area contributed by atoms with Gasteiger partial charge in [0.25, 0.3) is 0 Å². The third-order valence-electron chi connectivity index (χ3n) is 3.26. The van der Waals surface area contributed by atoms with Crippen molar-refractivity contribution in [2.75, 3.05) is 11.9 Å². The minimum atomic E-state index is -0.913. The van der Waals surface area contributed by atoms with Crippen LogP contribution in [0.5, 0.6) is 5.75 Å². The minimum absolute atomic E-state index is 0.120. The summed E-state index contributed by atoms with van der Waals surface area (Å²) in [5.74, 6) is -1.83. The van der Waals surface area contributed by atoms with Gasteiger partial charge in [0.2, 0.25) is 0 Å². The van der Waals surface area contributed by atoms with Crippen LogP contribution in [0.2, 0.25) is 0 Å². The van der Waals surface area contributed by atoms with Crippen LogP contribution in [0.15, 0.2) is 42.5 Å². The molecule has 0 aromatic heterocycles. The van der Waals surface area contributed by atoms with Crippen molar-refractivity contribution < 1.29 is 18.7 Å². The average Bonchev–Trinajstić information content (AvgIpc) is 2.62. The second-order valence-corrected chi connectivity index (χ2v) is 4.98. The predicted octanol–water partition coefficient (Wildman–Crippen LogP) is 2.35. The van der Waals surface area contributed by atoms with Gasteiger partial charge < -0.3 is 15.4 Å². The van der Waals surface area contributed by atoms with Crippen LogP contribution in [0.3, 0.4) is 0 Å². The summed E-state index contributed by atoms with van der Waals surface area (Å²) in [6.45, 7) is 2.45. The molecule has 2 amide bonds. The van der Waals surface area contributed by atoms with E-state index in [1.54, 1.807) is 24.3 Å². The molecule has 0 spiro atoms. The number of ether oxygens (including phenoxy) is 1. The molecular weight excluding hydrogens is 325 g/mol. The summed E-state index contributed by atoms with van der Waals surface area (Å²) in [5.41, 5.74) is 0.677. The maximum absolute atomic E-state index is 13.2. The average molecular weight is 341 g/mol. The first-order chi connectivity index (χ1) is 12.0. The number of anilines is 1. The summed E-state index contributed by atoms with van der Waals surface area (Å²) in [6, 6.07) is 12.3. The highest BCUT2D eigenvalue weighted by atomic mass is 19.1. The molecule has 0 unspecified atom stereocenters. The van der Waals surface area contributed by atoms with Gasteiger partial charge in [-0.25, -0.2) is 4.39 Å². The zero-order chi connectivity index (χ0) is 18.2. The van der Waals surface area contributed by atoms with Crippen LogP contribution in [0.1, 0.15) is 18.1 Å². The van der Waals surface area contributed by atoms with Crippen LogP contribution < -0.4 is 15.4 Å². The number of hydrogen-bond donors (Lipinski definition) is 2. The van der Waals surface area contributed by atoms with E-state index in [0.29, 0.717) is 12.4 Å². The third kappa shape index (κ3) is 4.78. The van der Waals surface area contributed by atoms with E-state index in [1.807, 2.05) is 13.0 Å². The fourth-order valence-corrected chi connectivity index (χ4v) is 2.08. The molecule has 6 nitrogen and oxygen atoms in total. The molecule has 0 aliphatic carbocycles. The molecule has 7 heteroatoms. The fourth-order valence-electron chi connectivity index (χ4n) is 2.08. The van der Waals surface area contributed by atoms with Crippen LogP contribution in [-0.2, 0) is 16.1 Å². The van der Waals surface area contributed by atoms with E-state index in [0.717, 1.165) is 17.7 Å². The quantitative estimate of drug-likeness (QED) is 0.817. The van der Waals surface area contributed by atoms with Gasteiger partial charge in [-0.3, -0.25) is 9.59 Å². The number of carbonyl (C=O) groups excluding carboxylic acids is 2. The van der Waals surface area contributed by atoms with Gasteiger partial charge in [0.1, 0.15) is 17.6 Å². The lowest BCUT2D eigenvalue weighted by Gasteiger charge is -2.11. The molecule has 25 heavy (non-hydrogen) atoms. The van der Waals surface area contributed by atoms with Crippen molar-refractivity contribution in [1.82, 2.24) is 5.32 Å². The Morgan fingerprint density at radius 3 is 2.68 bits per heavy atom. The third-order valence-corrected chi connectivity index (χ3v) is 3.26. The Labute approximate surface area is 144 Å². The molecule has 0 saturated heterocycles. The Balaban J connectivity index is 1.97. The van der Waals surface area contributed by atoms with Crippen LogP contribution in [0.25, 0.3) is 0 Å². The van der Waals surface area contributed by atoms with Gasteiger partial charge in [-0.15, -0.1) is 0 Å². The Kier molecular flexibility index (Phi) is 6.07. The van der Waals surface area contributed by atoms with E-state index >= 15 is 0 Å². The Bertz CT molecular complexity index is 831. The summed E-state index contributed by atoms with van der Waals surface area (Å²) >= 11 is 0. The molecule has 2 N–H and O–H groups in total. The number of amides is 2. The fraction of sp³-hybridized carbons (Fsp3) is 0.167. The van der Waals surface area contributed by atoms with Crippen LogP contribution >= 0.6 is 0 Å². The monoisotopic (exact) mass is 341 g/mol. The topological polar surface area (TPSA) is 91.2 Å².